The van der Waals surface area contributed by atoms with Gasteiger partial charge in [-0.25, -0.2) is 0 Å². The number of hydrogen-bond donors (Lipinski definition) is 1. The molecular weight excluding hydrogens is 226 g/mol. The van der Waals surface area contributed by atoms with Crippen LogP contribution in [0.1, 0.15) is 33.1 Å². The van der Waals surface area contributed by atoms with Crippen molar-refractivity contribution < 1.29 is 24.2 Å². The van der Waals surface area contributed by atoms with E-state index in [1.54, 1.807) is 6.92 Å². The largest absolute Gasteiger partial charge is 0.480 e. The maximum atomic E-state index is 11.6. The molecule has 6 heteroatoms. The van der Waals surface area contributed by atoms with Crippen molar-refractivity contribution >= 4 is 17.8 Å². The lowest BCUT2D eigenvalue weighted by molar-refractivity contribution is -0.147. The molecule has 17 heavy (non-hydrogen) atoms. The highest BCUT2D eigenvalue weighted by Gasteiger charge is 2.17. The molecule has 0 fully saturated rings. The Bertz CT molecular complexity index is 277. The van der Waals surface area contributed by atoms with Gasteiger partial charge < -0.3 is 14.7 Å². The molecule has 98 valence electrons. The van der Waals surface area contributed by atoms with E-state index in [0.717, 1.165) is 0 Å². The molecule has 0 aliphatic heterocycles. The lowest BCUT2D eigenvalue weighted by atomic mass is 10.2. The van der Waals surface area contributed by atoms with Crippen molar-refractivity contribution in [2.24, 2.45) is 0 Å². The summed E-state index contributed by atoms with van der Waals surface area (Å²) >= 11 is 0. The van der Waals surface area contributed by atoms with Crippen molar-refractivity contribution in [1.29, 1.82) is 0 Å². The molecule has 6 nitrogen and oxygen atoms in total. The lowest BCUT2D eigenvalue weighted by Crippen LogP contribution is -2.36. The fourth-order valence-corrected chi connectivity index (χ4v) is 1.33. The first-order chi connectivity index (χ1) is 8.01. The van der Waals surface area contributed by atoms with Gasteiger partial charge in [0.05, 0.1) is 13.0 Å². The third-order valence-electron chi connectivity index (χ3n) is 2.02. The van der Waals surface area contributed by atoms with Gasteiger partial charge in [0, 0.05) is 13.0 Å². The van der Waals surface area contributed by atoms with Gasteiger partial charge in [0.1, 0.15) is 6.54 Å². The summed E-state index contributed by atoms with van der Waals surface area (Å²) in [5, 5.41) is 8.64. The van der Waals surface area contributed by atoms with E-state index in [2.05, 4.69) is 4.74 Å². The van der Waals surface area contributed by atoms with Gasteiger partial charge in [0.25, 0.3) is 0 Å². The molecule has 0 spiro atoms. The zero-order valence-corrected chi connectivity index (χ0v) is 10.3. The van der Waals surface area contributed by atoms with Crippen LogP contribution < -0.4 is 0 Å². The van der Waals surface area contributed by atoms with E-state index in [0.29, 0.717) is 13.0 Å². The van der Waals surface area contributed by atoms with Crippen LogP contribution in [0.15, 0.2) is 0 Å². The summed E-state index contributed by atoms with van der Waals surface area (Å²) in [7, 11) is 0. The van der Waals surface area contributed by atoms with Gasteiger partial charge in [-0.2, -0.15) is 0 Å². The summed E-state index contributed by atoms with van der Waals surface area (Å²) in [6, 6.07) is 0. The minimum absolute atomic E-state index is 0.00743. The van der Waals surface area contributed by atoms with Crippen molar-refractivity contribution in [2.45, 2.75) is 33.1 Å². The molecule has 1 amide bonds. The van der Waals surface area contributed by atoms with Gasteiger partial charge in [0.15, 0.2) is 0 Å². The van der Waals surface area contributed by atoms with E-state index < -0.39 is 11.9 Å². The monoisotopic (exact) mass is 245 g/mol. The molecule has 0 bridgehead atoms. The summed E-state index contributed by atoms with van der Waals surface area (Å²) in [6.07, 6.45) is 0.664. The average molecular weight is 245 g/mol. The number of hydrogen-bond acceptors (Lipinski definition) is 4. The summed E-state index contributed by atoms with van der Waals surface area (Å²) in [4.78, 5) is 34.5. The van der Waals surface area contributed by atoms with Crippen LogP contribution in [0.4, 0.5) is 0 Å². The molecule has 0 aromatic rings. The molecule has 0 aliphatic rings. The number of esters is 1. The minimum Gasteiger partial charge on any atom is -0.480 e. The second-order valence-corrected chi connectivity index (χ2v) is 3.51. The third kappa shape index (κ3) is 7.32. The number of amides is 1. The van der Waals surface area contributed by atoms with E-state index in [1.807, 2.05) is 6.92 Å². The van der Waals surface area contributed by atoms with Crippen LogP contribution in [0.5, 0.6) is 0 Å². The highest BCUT2D eigenvalue weighted by Crippen LogP contribution is 2.01. The predicted molar refractivity (Wildman–Crippen MR) is 60.4 cm³/mol. The number of carbonyl (C=O) groups is 3. The molecule has 0 radical (unpaired) electrons. The standard InChI is InChI=1S/C11H19NO5/c1-3-7-12(8-10(14)15)9(13)5-6-11(16)17-4-2/h3-8H2,1-2H3,(H,14,15). The normalized spacial score (nSPS) is 9.76. The molecule has 0 atom stereocenters. The Kier molecular flexibility index (Phi) is 7.75. The molecule has 0 saturated carbocycles. The number of ether oxygens (including phenoxy) is 1. The van der Waals surface area contributed by atoms with Crippen LogP contribution in [0, 0.1) is 0 Å². The van der Waals surface area contributed by atoms with Gasteiger partial charge in [-0.05, 0) is 13.3 Å². The molecule has 0 aromatic heterocycles. The van der Waals surface area contributed by atoms with Crippen molar-refractivity contribution in [3.05, 3.63) is 0 Å². The minimum atomic E-state index is -1.05. The number of aliphatic carboxylic acids is 1. The third-order valence-corrected chi connectivity index (χ3v) is 2.02. The Balaban J connectivity index is 4.13. The second-order valence-electron chi connectivity index (χ2n) is 3.51. The second kappa shape index (κ2) is 8.55. The fraction of sp³-hybridized carbons (Fsp3) is 0.727. The Morgan fingerprint density at radius 1 is 1.18 bits per heavy atom. The van der Waals surface area contributed by atoms with Crippen LogP contribution >= 0.6 is 0 Å². The number of carboxylic acid groups (broad SMARTS) is 1. The van der Waals surface area contributed by atoms with Crippen molar-refractivity contribution in [3.8, 4) is 0 Å². The Morgan fingerprint density at radius 3 is 2.29 bits per heavy atom. The quantitative estimate of drug-likeness (QED) is 0.635. The predicted octanol–water partition coefficient (Wildman–Crippen LogP) is 0.653. The summed E-state index contributed by atoms with van der Waals surface area (Å²) in [5.74, 6) is -1.82. The highest BCUT2D eigenvalue weighted by molar-refractivity contribution is 5.84. The number of rotatable bonds is 8. The van der Waals surface area contributed by atoms with E-state index in [-0.39, 0.29) is 31.9 Å². The van der Waals surface area contributed by atoms with E-state index in [1.165, 1.54) is 4.90 Å². The molecule has 0 aliphatic carbocycles. The molecule has 0 rings (SSSR count). The number of nitrogens with zero attached hydrogens (tertiary/aromatic N) is 1. The Morgan fingerprint density at radius 2 is 1.82 bits per heavy atom. The first kappa shape index (κ1) is 15.4. The summed E-state index contributed by atoms with van der Waals surface area (Å²) < 4.78 is 4.69. The Labute approximate surface area is 101 Å². The van der Waals surface area contributed by atoms with Crippen LogP contribution in [-0.2, 0) is 19.1 Å². The SMILES string of the molecule is CCCN(CC(=O)O)C(=O)CCC(=O)OCC. The lowest BCUT2D eigenvalue weighted by Gasteiger charge is -2.19. The Hall–Kier alpha value is -1.59. The van der Waals surface area contributed by atoms with Crippen LogP contribution in [0.3, 0.4) is 0 Å². The zero-order valence-electron chi connectivity index (χ0n) is 10.3. The summed E-state index contributed by atoms with van der Waals surface area (Å²) in [6.45, 7) is 3.88. The number of carbonyl (C=O) groups excluding carboxylic acids is 2. The first-order valence-electron chi connectivity index (χ1n) is 5.66. The zero-order chi connectivity index (χ0) is 13.3. The van der Waals surface area contributed by atoms with Crippen LogP contribution in [0.25, 0.3) is 0 Å². The van der Waals surface area contributed by atoms with Gasteiger partial charge in [-0.15, -0.1) is 0 Å². The molecule has 0 aromatic carbocycles. The van der Waals surface area contributed by atoms with E-state index in [9.17, 15) is 14.4 Å². The van der Waals surface area contributed by atoms with E-state index in [4.69, 9.17) is 5.11 Å². The van der Waals surface area contributed by atoms with Gasteiger partial charge >= 0.3 is 11.9 Å². The first-order valence-corrected chi connectivity index (χ1v) is 5.66. The number of carboxylic acids is 1. The smallest absolute Gasteiger partial charge is 0.323 e. The average Bonchev–Trinajstić information content (AvgIpc) is 2.25. The van der Waals surface area contributed by atoms with Gasteiger partial charge in [0.2, 0.25) is 5.91 Å². The van der Waals surface area contributed by atoms with Crippen molar-refractivity contribution in [3.63, 3.8) is 0 Å². The van der Waals surface area contributed by atoms with E-state index >= 15 is 0 Å². The van der Waals surface area contributed by atoms with Gasteiger partial charge in [-0.1, -0.05) is 6.92 Å². The van der Waals surface area contributed by atoms with Crippen molar-refractivity contribution in [1.82, 2.24) is 4.90 Å². The van der Waals surface area contributed by atoms with Crippen molar-refractivity contribution in [2.75, 3.05) is 19.7 Å². The molecule has 1 N–H and O–H groups in total. The molecule has 0 saturated heterocycles. The van der Waals surface area contributed by atoms with Crippen LogP contribution in [0.2, 0.25) is 0 Å². The maximum absolute atomic E-state index is 11.6. The summed E-state index contributed by atoms with van der Waals surface area (Å²) in [5.41, 5.74) is 0. The maximum Gasteiger partial charge on any atom is 0.323 e. The fourth-order valence-electron chi connectivity index (χ4n) is 1.33. The van der Waals surface area contributed by atoms with Gasteiger partial charge in [-0.3, -0.25) is 14.4 Å². The molecule has 0 unspecified atom stereocenters. The molecular formula is C11H19NO5. The molecule has 0 heterocycles. The topological polar surface area (TPSA) is 83.9 Å². The highest BCUT2D eigenvalue weighted by atomic mass is 16.5. The van der Waals surface area contributed by atoms with Crippen LogP contribution in [-0.4, -0.2) is 47.5 Å².